The third-order valence-electron chi connectivity index (χ3n) is 4.23. The fourth-order valence-electron chi connectivity index (χ4n) is 3.04. The molecule has 4 heteroatoms. The Bertz CT molecular complexity index is 493. The normalized spacial score (nSPS) is 15.6. The Morgan fingerprint density at radius 3 is 2.62 bits per heavy atom. The zero-order chi connectivity index (χ0) is 15.4. The van der Waals surface area contributed by atoms with Crippen molar-refractivity contribution in [3.05, 3.63) is 23.4 Å². The van der Waals surface area contributed by atoms with E-state index >= 15 is 0 Å². The molecule has 3 nitrogen and oxygen atoms in total. The van der Waals surface area contributed by atoms with Gasteiger partial charge in [0.05, 0.1) is 0 Å². The van der Waals surface area contributed by atoms with Crippen molar-refractivity contribution in [3.63, 3.8) is 0 Å². The Labute approximate surface area is 133 Å². The van der Waals surface area contributed by atoms with Crippen LogP contribution in [0, 0.1) is 12.8 Å². The van der Waals surface area contributed by atoms with Crippen LogP contribution >= 0.6 is 12.2 Å². The maximum atomic E-state index is 5.81. The van der Waals surface area contributed by atoms with E-state index in [1.807, 2.05) is 13.0 Å². The monoisotopic (exact) mass is 305 g/mol. The number of pyridine rings is 1. The Hall–Kier alpha value is -1.16. The van der Waals surface area contributed by atoms with Crippen LogP contribution in [0.3, 0.4) is 0 Å². The summed E-state index contributed by atoms with van der Waals surface area (Å²) in [6, 6.07) is 4.66. The van der Waals surface area contributed by atoms with Gasteiger partial charge in [-0.15, -0.1) is 0 Å². The van der Waals surface area contributed by atoms with E-state index in [2.05, 4.69) is 24.8 Å². The Kier molecular flexibility index (Phi) is 5.57. The van der Waals surface area contributed by atoms with Gasteiger partial charge in [-0.3, -0.25) is 0 Å². The zero-order valence-corrected chi connectivity index (χ0v) is 14.2. The number of rotatable bonds is 6. The van der Waals surface area contributed by atoms with Crippen LogP contribution in [-0.2, 0) is 0 Å². The molecule has 0 radical (unpaired) electrons. The highest BCUT2D eigenvalue weighted by molar-refractivity contribution is 7.80. The predicted octanol–water partition coefficient (Wildman–Crippen LogP) is 3.82. The van der Waals surface area contributed by atoms with Crippen molar-refractivity contribution in [2.75, 3.05) is 11.4 Å². The second kappa shape index (κ2) is 7.21. The fraction of sp³-hybridized carbons (Fsp3) is 0.647. The summed E-state index contributed by atoms with van der Waals surface area (Å²) in [6.45, 7) is 7.63. The number of nitrogens with zero attached hydrogens (tertiary/aromatic N) is 2. The van der Waals surface area contributed by atoms with Gasteiger partial charge in [-0.25, -0.2) is 4.98 Å². The Balaban J connectivity index is 2.28. The van der Waals surface area contributed by atoms with Gasteiger partial charge in [0.15, 0.2) is 0 Å². The molecule has 1 fully saturated rings. The van der Waals surface area contributed by atoms with Gasteiger partial charge < -0.3 is 10.6 Å². The molecule has 2 N–H and O–H groups in total. The summed E-state index contributed by atoms with van der Waals surface area (Å²) in [5.74, 6) is 1.75. The number of thiocarbonyl (C=S) groups is 1. The Morgan fingerprint density at radius 1 is 1.38 bits per heavy atom. The molecule has 0 amide bonds. The number of hydrogen-bond acceptors (Lipinski definition) is 3. The highest BCUT2D eigenvalue weighted by Gasteiger charge is 2.24. The van der Waals surface area contributed by atoms with E-state index in [0.717, 1.165) is 23.6 Å². The lowest BCUT2D eigenvalue weighted by atomic mass is 10.1. The van der Waals surface area contributed by atoms with Crippen LogP contribution in [0.2, 0.25) is 0 Å². The first-order valence-corrected chi connectivity index (χ1v) is 8.43. The molecular weight excluding hydrogens is 278 g/mol. The minimum Gasteiger partial charge on any atom is -0.389 e. The minimum atomic E-state index is 0.456. The van der Waals surface area contributed by atoms with Crippen LogP contribution in [0.1, 0.15) is 57.2 Å². The van der Waals surface area contributed by atoms with Crippen LogP contribution in [0.5, 0.6) is 0 Å². The molecule has 2 rings (SSSR count). The standard InChI is InChI=1S/C17H27N3S/c1-12(2)8-9-20(15-6-4-5-7-15)16-11-14(17(18)21)10-13(3)19-16/h10-12,15H,4-9H2,1-3H3,(H2,18,21). The molecule has 0 saturated heterocycles. The van der Waals surface area contributed by atoms with Crippen molar-refractivity contribution >= 4 is 23.0 Å². The molecule has 1 aliphatic rings. The molecule has 0 atom stereocenters. The summed E-state index contributed by atoms with van der Waals surface area (Å²) in [6.07, 6.45) is 6.40. The third-order valence-corrected chi connectivity index (χ3v) is 4.47. The van der Waals surface area contributed by atoms with Gasteiger partial charge in [0, 0.05) is 23.8 Å². The zero-order valence-electron chi connectivity index (χ0n) is 13.4. The predicted molar refractivity (Wildman–Crippen MR) is 93.9 cm³/mol. The first-order chi connectivity index (χ1) is 9.97. The Morgan fingerprint density at radius 2 is 2.05 bits per heavy atom. The van der Waals surface area contributed by atoms with Crippen LogP contribution in [0.25, 0.3) is 0 Å². The minimum absolute atomic E-state index is 0.456. The SMILES string of the molecule is Cc1cc(C(N)=S)cc(N(CCC(C)C)C2CCCC2)n1. The fourth-order valence-corrected chi connectivity index (χ4v) is 3.16. The van der Waals surface area contributed by atoms with Gasteiger partial charge in [-0.2, -0.15) is 0 Å². The topological polar surface area (TPSA) is 42.1 Å². The van der Waals surface area contributed by atoms with Crippen LogP contribution < -0.4 is 10.6 Å². The smallest absolute Gasteiger partial charge is 0.129 e. The van der Waals surface area contributed by atoms with Crippen molar-refractivity contribution < 1.29 is 0 Å². The van der Waals surface area contributed by atoms with Gasteiger partial charge in [-0.05, 0) is 44.2 Å². The van der Waals surface area contributed by atoms with E-state index in [0.29, 0.717) is 16.9 Å². The van der Waals surface area contributed by atoms with Gasteiger partial charge in [0.1, 0.15) is 10.8 Å². The molecule has 116 valence electrons. The molecule has 1 saturated carbocycles. The number of hydrogen-bond donors (Lipinski definition) is 1. The number of nitrogens with two attached hydrogens (primary N) is 1. The van der Waals surface area contributed by atoms with E-state index in [1.165, 1.54) is 32.1 Å². The van der Waals surface area contributed by atoms with Crippen LogP contribution in [0.4, 0.5) is 5.82 Å². The molecule has 0 spiro atoms. The second-order valence-electron chi connectivity index (χ2n) is 6.53. The van der Waals surface area contributed by atoms with Gasteiger partial charge in [0.2, 0.25) is 0 Å². The number of aromatic nitrogens is 1. The number of aryl methyl sites for hydroxylation is 1. The summed E-state index contributed by atoms with van der Waals surface area (Å²) in [7, 11) is 0. The van der Waals surface area contributed by atoms with Crippen molar-refractivity contribution in [3.8, 4) is 0 Å². The van der Waals surface area contributed by atoms with Crippen LogP contribution in [0.15, 0.2) is 12.1 Å². The highest BCUT2D eigenvalue weighted by atomic mass is 32.1. The van der Waals surface area contributed by atoms with E-state index in [-0.39, 0.29) is 0 Å². The highest BCUT2D eigenvalue weighted by Crippen LogP contribution is 2.28. The summed E-state index contributed by atoms with van der Waals surface area (Å²) in [5, 5.41) is 0. The first-order valence-electron chi connectivity index (χ1n) is 8.02. The maximum absolute atomic E-state index is 5.81. The summed E-state index contributed by atoms with van der Waals surface area (Å²) in [4.78, 5) is 7.69. The summed E-state index contributed by atoms with van der Waals surface area (Å²) >= 11 is 5.14. The molecule has 1 heterocycles. The van der Waals surface area contributed by atoms with E-state index in [9.17, 15) is 0 Å². The molecule has 1 aromatic heterocycles. The average molecular weight is 305 g/mol. The lowest BCUT2D eigenvalue weighted by Crippen LogP contribution is -2.35. The molecule has 0 aromatic carbocycles. The second-order valence-corrected chi connectivity index (χ2v) is 6.97. The summed E-state index contributed by atoms with van der Waals surface area (Å²) < 4.78 is 0. The van der Waals surface area contributed by atoms with Crippen molar-refractivity contribution in [2.45, 2.75) is 58.9 Å². The first kappa shape index (κ1) is 16.2. The van der Waals surface area contributed by atoms with Gasteiger partial charge in [-0.1, -0.05) is 38.9 Å². The van der Waals surface area contributed by atoms with Gasteiger partial charge in [0.25, 0.3) is 0 Å². The molecule has 0 unspecified atom stereocenters. The average Bonchev–Trinajstić information content (AvgIpc) is 2.92. The van der Waals surface area contributed by atoms with Gasteiger partial charge >= 0.3 is 0 Å². The third kappa shape index (κ3) is 4.40. The van der Waals surface area contributed by atoms with E-state index < -0.39 is 0 Å². The molecule has 21 heavy (non-hydrogen) atoms. The van der Waals surface area contributed by atoms with Crippen LogP contribution in [-0.4, -0.2) is 22.6 Å². The molecule has 1 aliphatic carbocycles. The maximum Gasteiger partial charge on any atom is 0.129 e. The van der Waals surface area contributed by atoms with Crippen molar-refractivity contribution in [1.29, 1.82) is 0 Å². The lowest BCUT2D eigenvalue weighted by molar-refractivity contribution is 0.525. The lowest BCUT2D eigenvalue weighted by Gasteiger charge is -2.31. The van der Waals surface area contributed by atoms with E-state index in [1.54, 1.807) is 0 Å². The molecule has 1 aromatic rings. The molecular formula is C17H27N3S. The number of anilines is 1. The summed E-state index contributed by atoms with van der Waals surface area (Å²) in [5.41, 5.74) is 7.73. The van der Waals surface area contributed by atoms with Crippen molar-refractivity contribution in [1.82, 2.24) is 4.98 Å². The van der Waals surface area contributed by atoms with E-state index in [4.69, 9.17) is 22.9 Å². The van der Waals surface area contributed by atoms with Crippen molar-refractivity contribution in [2.24, 2.45) is 11.7 Å². The molecule has 0 aliphatic heterocycles. The molecule has 0 bridgehead atoms. The largest absolute Gasteiger partial charge is 0.389 e. The quantitative estimate of drug-likeness (QED) is 0.811.